The van der Waals surface area contributed by atoms with Crippen molar-refractivity contribution in [3.63, 3.8) is 0 Å². The highest BCUT2D eigenvalue weighted by atomic mass is 31.2. The van der Waals surface area contributed by atoms with Crippen LogP contribution in [0.2, 0.25) is 0 Å². The standard InChI is InChI=1S/C12H20N5O6P/c1-3-22-24(19,23-4-2)7-20-5-6-21-12-14-8-9(16-12)15-11(13)17-10(8)18/h3-7H2,1-2H3,(H4,13,14,15,16,17,18). The number of hydrogen-bond acceptors (Lipinski definition) is 9. The summed E-state index contributed by atoms with van der Waals surface area (Å²) in [4.78, 5) is 24.5. The molecule has 4 N–H and O–H groups in total. The van der Waals surface area contributed by atoms with Crippen molar-refractivity contribution < 1.29 is 23.1 Å². The Kier molecular flexibility index (Phi) is 6.32. The first-order valence-electron chi connectivity index (χ1n) is 7.31. The van der Waals surface area contributed by atoms with Crippen LogP contribution in [0.5, 0.6) is 6.01 Å². The van der Waals surface area contributed by atoms with Gasteiger partial charge in [-0.25, -0.2) is 0 Å². The van der Waals surface area contributed by atoms with Crippen LogP contribution in [-0.4, -0.2) is 52.7 Å². The molecule has 0 radical (unpaired) electrons. The average molecular weight is 361 g/mol. The van der Waals surface area contributed by atoms with E-state index in [4.69, 9.17) is 24.3 Å². The SMILES string of the molecule is CCOP(=O)(COCCOc1nc2nc(N)[nH]c(=O)c2[nH]1)OCC. The zero-order chi connectivity index (χ0) is 17.6. The summed E-state index contributed by atoms with van der Waals surface area (Å²) in [6, 6.07) is 0.106. The monoisotopic (exact) mass is 361 g/mol. The van der Waals surface area contributed by atoms with Crippen molar-refractivity contribution in [3.05, 3.63) is 10.4 Å². The summed E-state index contributed by atoms with van der Waals surface area (Å²) in [6.45, 7) is 4.22. The van der Waals surface area contributed by atoms with Crippen LogP contribution in [0.3, 0.4) is 0 Å². The molecule has 0 fully saturated rings. The van der Waals surface area contributed by atoms with Gasteiger partial charge in [-0.2, -0.15) is 9.97 Å². The summed E-state index contributed by atoms with van der Waals surface area (Å²) in [6.07, 6.45) is -0.171. The van der Waals surface area contributed by atoms with Crippen LogP contribution < -0.4 is 16.0 Å². The highest BCUT2D eigenvalue weighted by Gasteiger charge is 2.23. The number of H-pyrrole nitrogens is 2. The van der Waals surface area contributed by atoms with E-state index in [0.717, 1.165) is 0 Å². The van der Waals surface area contributed by atoms with E-state index < -0.39 is 13.2 Å². The van der Waals surface area contributed by atoms with Crippen molar-refractivity contribution in [1.29, 1.82) is 0 Å². The van der Waals surface area contributed by atoms with Crippen LogP contribution in [0.1, 0.15) is 13.8 Å². The Bertz CT molecular complexity index is 765. The Morgan fingerprint density at radius 1 is 1.12 bits per heavy atom. The van der Waals surface area contributed by atoms with Gasteiger partial charge in [-0.3, -0.25) is 14.3 Å². The Morgan fingerprint density at radius 2 is 1.83 bits per heavy atom. The van der Waals surface area contributed by atoms with Gasteiger partial charge >= 0.3 is 7.60 Å². The molecule has 12 heteroatoms. The topological polar surface area (TPSA) is 154 Å². The van der Waals surface area contributed by atoms with Crippen molar-refractivity contribution in [3.8, 4) is 6.01 Å². The van der Waals surface area contributed by atoms with Crippen LogP contribution in [0, 0.1) is 0 Å². The zero-order valence-corrected chi connectivity index (χ0v) is 14.3. The lowest BCUT2D eigenvalue weighted by atomic mass is 10.5. The minimum absolute atomic E-state index is 0.0310. The molecular formula is C12H20N5O6P. The number of aromatic amines is 2. The van der Waals surface area contributed by atoms with Gasteiger partial charge in [-0.1, -0.05) is 0 Å². The summed E-state index contributed by atoms with van der Waals surface area (Å²) >= 11 is 0. The molecule has 0 spiro atoms. The van der Waals surface area contributed by atoms with Crippen molar-refractivity contribution >= 4 is 24.7 Å². The molecule has 0 saturated heterocycles. The molecule has 2 heterocycles. The third kappa shape index (κ3) is 4.78. The first kappa shape index (κ1) is 18.4. The molecule has 2 rings (SSSR count). The van der Waals surface area contributed by atoms with E-state index in [1.165, 1.54) is 0 Å². The number of imidazole rings is 1. The molecule has 0 aromatic carbocycles. The summed E-state index contributed by atoms with van der Waals surface area (Å²) in [5.74, 6) is -0.0310. The fourth-order valence-electron chi connectivity index (χ4n) is 1.85. The fraction of sp³-hybridized carbons (Fsp3) is 0.583. The van der Waals surface area contributed by atoms with E-state index >= 15 is 0 Å². The smallest absolute Gasteiger partial charge is 0.356 e. The predicted molar refractivity (Wildman–Crippen MR) is 86.1 cm³/mol. The number of ether oxygens (including phenoxy) is 2. The Balaban J connectivity index is 1.83. The normalized spacial score (nSPS) is 11.9. The first-order chi connectivity index (χ1) is 11.5. The van der Waals surface area contributed by atoms with Crippen LogP contribution >= 0.6 is 7.60 Å². The van der Waals surface area contributed by atoms with Crippen LogP contribution in [0.15, 0.2) is 4.79 Å². The first-order valence-corrected chi connectivity index (χ1v) is 9.04. The predicted octanol–water partition coefficient (Wildman–Crippen LogP) is 0.847. The Hall–Kier alpha value is -1.94. The summed E-state index contributed by atoms with van der Waals surface area (Å²) in [5.41, 5.74) is 5.31. The maximum Gasteiger partial charge on any atom is 0.356 e. The van der Waals surface area contributed by atoms with E-state index in [1.807, 2.05) is 0 Å². The summed E-state index contributed by atoms with van der Waals surface area (Å²) < 4.78 is 32.9. The van der Waals surface area contributed by atoms with E-state index in [9.17, 15) is 9.36 Å². The van der Waals surface area contributed by atoms with E-state index in [0.29, 0.717) is 0 Å². The number of nitrogens with one attached hydrogen (secondary N) is 2. The maximum absolute atomic E-state index is 12.1. The molecule has 134 valence electrons. The average Bonchev–Trinajstić information content (AvgIpc) is 2.90. The minimum atomic E-state index is -3.24. The van der Waals surface area contributed by atoms with Crippen LogP contribution in [0.4, 0.5) is 5.95 Å². The number of anilines is 1. The van der Waals surface area contributed by atoms with E-state index in [-0.39, 0.29) is 55.9 Å². The Morgan fingerprint density at radius 3 is 2.50 bits per heavy atom. The van der Waals surface area contributed by atoms with Crippen molar-refractivity contribution in [2.75, 3.05) is 38.5 Å². The van der Waals surface area contributed by atoms with Gasteiger partial charge in [-0.05, 0) is 13.8 Å². The van der Waals surface area contributed by atoms with Crippen molar-refractivity contribution in [2.45, 2.75) is 13.8 Å². The third-order valence-electron chi connectivity index (χ3n) is 2.73. The molecule has 2 aromatic rings. The van der Waals surface area contributed by atoms with Gasteiger partial charge in [0.25, 0.3) is 11.6 Å². The lowest BCUT2D eigenvalue weighted by Gasteiger charge is -2.16. The highest BCUT2D eigenvalue weighted by Crippen LogP contribution is 2.47. The summed E-state index contributed by atoms with van der Waals surface area (Å²) in [5, 5.41) is 0. The number of nitrogens with two attached hydrogens (primary N) is 1. The van der Waals surface area contributed by atoms with Gasteiger partial charge in [0, 0.05) is 0 Å². The van der Waals surface area contributed by atoms with Gasteiger partial charge in [0.05, 0.1) is 19.8 Å². The lowest BCUT2D eigenvalue weighted by molar-refractivity contribution is 0.103. The van der Waals surface area contributed by atoms with Gasteiger partial charge in [-0.15, -0.1) is 0 Å². The molecular weight excluding hydrogens is 341 g/mol. The molecule has 0 saturated carbocycles. The van der Waals surface area contributed by atoms with Crippen LogP contribution in [0.25, 0.3) is 11.2 Å². The van der Waals surface area contributed by atoms with E-state index in [1.54, 1.807) is 13.8 Å². The molecule has 0 aliphatic heterocycles. The molecule has 2 aromatic heterocycles. The lowest BCUT2D eigenvalue weighted by Crippen LogP contribution is -2.11. The second-order valence-electron chi connectivity index (χ2n) is 4.52. The largest absolute Gasteiger partial charge is 0.462 e. The van der Waals surface area contributed by atoms with Crippen molar-refractivity contribution in [2.24, 2.45) is 0 Å². The quantitative estimate of drug-likeness (QED) is 0.412. The zero-order valence-electron chi connectivity index (χ0n) is 13.4. The second kappa shape index (κ2) is 8.25. The number of fused-ring (bicyclic) bond motifs is 1. The molecule has 0 atom stereocenters. The summed E-state index contributed by atoms with van der Waals surface area (Å²) in [7, 11) is -3.24. The van der Waals surface area contributed by atoms with Crippen molar-refractivity contribution in [1.82, 2.24) is 19.9 Å². The number of nitrogens with zero attached hydrogens (tertiary/aromatic N) is 2. The molecule has 11 nitrogen and oxygen atoms in total. The van der Waals surface area contributed by atoms with Gasteiger partial charge in [0.1, 0.15) is 13.0 Å². The number of aromatic nitrogens is 4. The van der Waals surface area contributed by atoms with Gasteiger partial charge < -0.3 is 29.2 Å². The second-order valence-corrected chi connectivity index (χ2v) is 6.52. The molecule has 0 bridgehead atoms. The van der Waals surface area contributed by atoms with E-state index in [2.05, 4.69) is 19.9 Å². The maximum atomic E-state index is 12.1. The number of rotatable bonds is 10. The number of hydrogen-bond donors (Lipinski definition) is 3. The van der Waals surface area contributed by atoms with Gasteiger partial charge in [0.2, 0.25) is 5.95 Å². The third-order valence-corrected chi connectivity index (χ3v) is 4.53. The highest BCUT2D eigenvalue weighted by molar-refractivity contribution is 7.53. The molecule has 0 aliphatic rings. The minimum Gasteiger partial charge on any atom is -0.462 e. The molecule has 0 unspecified atom stereocenters. The van der Waals surface area contributed by atoms with Crippen LogP contribution in [-0.2, 0) is 18.3 Å². The molecule has 0 aliphatic carbocycles. The molecule has 0 amide bonds. The molecule has 24 heavy (non-hydrogen) atoms. The van der Waals surface area contributed by atoms with Gasteiger partial charge in [0.15, 0.2) is 11.2 Å². The number of nitrogen functional groups attached to an aromatic ring is 1. The fourth-order valence-corrected chi connectivity index (χ4v) is 3.21. The Labute approximate surface area is 137 Å².